The van der Waals surface area contributed by atoms with Crippen LogP contribution in [0.15, 0.2) is 36.4 Å². The van der Waals surface area contributed by atoms with Crippen LogP contribution in [0.25, 0.3) is 0 Å². The van der Waals surface area contributed by atoms with Crippen LogP contribution in [0.5, 0.6) is 11.5 Å². The topological polar surface area (TPSA) is 29.5 Å². The summed E-state index contributed by atoms with van der Waals surface area (Å²) in [5.74, 6) is 1.89. The third kappa shape index (κ3) is 2.76. The van der Waals surface area contributed by atoms with Crippen LogP contribution in [0.3, 0.4) is 0 Å². The van der Waals surface area contributed by atoms with E-state index in [9.17, 15) is 5.11 Å². The van der Waals surface area contributed by atoms with Gasteiger partial charge in [0.15, 0.2) is 0 Å². The van der Waals surface area contributed by atoms with Crippen molar-refractivity contribution in [3.8, 4) is 11.5 Å². The van der Waals surface area contributed by atoms with Gasteiger partial charge >= 0.3 is 0 Å². The zero-order valence-electron chi connectivity index (χ0n) is 12.7. The van der Waals surface area contributed by atoms with E-state index >= 15 is 0 Å². The van der Waals surface area contributed by atoms with Crippen LogP contribution in [0.2, 0.25) is 0 Å². The summed E-state index contributed by atoms with van der Waals surface area (Å²) < 4.78 is 5.34. The number of hydrogen-bond acceptors (Lipinski definition) is 2. The molecular formula is C19H22O2. The maximum absolute atomic E-state index is 9.60. The lowest BCUT2D eigenvalue weighted by Gasteiger charge is -2.27. The molecule has 1 N–H and O–H groups in total. The maximum atomic E-state index is 9.60. The van der Waals surface area contributed by atoms with Gasteiger partial charge in [0.25, 0.3) is 0 Å². The minimum Gasteiger partial charge on any atom is -0.508 e. The molecule has 1 aliphatic rings. The summed E-state index contributed by atoms with van der Waals surface area (Å²) in [5.41, 5.74) is 5.53. The molecule has 0 amide bonds. The third-order valence-corrected chi connectivity index (χ3v) is 4.59. The van der Waals surface area contributed by atoms with E-state index in [-0.39, 0.29) is 0 Å². The van der Waals surface area contributed by atoms with E-state index in [0.29, 0.717) is 11.7 Å². The highest BCUT2D eigenvalue weighted by Crippen LogP contribution is 2.36. The standard InChI is InChI=1S/C19H22O2/c1-3-13-12-18(21-2)8-9-19(13)16-5-4-15-11-17(20)7-6-14(15)10-16/h6-9,11-12,16,20H,3-5,10H2,1-2H3. The van der Waals surface area contributed by atoms with Crippen LogP contribution < -0.4 is 4.74 Å². The van der Waals surface area contributed by atoms with E-state index in [4.69, 9.17) is 4.74 Å². The third-order valence-electron chi connectivity index (χ3n) is 4.59. The average molecular weight is 282 g/mol. The minimum absolute atomic E-state index is 0.380. The van der Waals surface area contributed by atoms with Gasteiger partial charge in [-0.1, -0.05) is 19.1 Å². The number of ether oxygens (including phenoxy) is 1. The predicted octanol–water partition coefficient (Wildman–Crippen LogP) is 4.24. The van der Waals surface area contributed by atoms with E-state index < -0.39 is 0 Å². The number of benzene rings is 2. The Labute approximate surface area is 126 Å². The Morgan fingerprint density at radius 3 is 2.76 bits per heavy atom. The number of phenols is 1. The van der Waals surface area contributed by atoms with Crippen molar-refractivity contribution in [3.05, 3.63) is 58.7 Å². The van der Waals surface area contributed by atoms with Crippen molar-refractivity contribution >= 4 is 0 Å². The molecule has 110 valence electrons. The molecular weight excluding hydrogens is 260 g/mol. The van der Waals surface area contributed by atoms with Crippen LogP contribution >= 0.6 is 0 Å². The second-order valence-corrected chi connectivity index (χ2v) is 5.81. The first-order valence-electron chi connectivity index (χ1n) is 7.68. The number of phenolic OH excluding ortho intramolecular Hbond substituents is 1. The van der Waals surface area contributed by atoms with E-state index in [1.54, 1.807) is 13.2 Å². The molecule has 0 saturated carbocycles. The highest BCUT2D eigenvalue weighted by Gasteiger charge is 2.22. The Bertz CT molecular complexity index is 646. The molecule has 0 bridgehead atoms. The van der Waals surface area contributed by atoms with Crippen molar-refractivity contribution < 1.29 is 9.84 Å². The Hall–Kier alpha value is -1.96. The van der Waals surface area contributed by atoms with Gasteiger partial charge in [-0.05, 0) is 78.1 Å². The fraction of sp³-hybridized carbons (Fsp3) is 0.368. The molecule has 2 aromatic carbocycles. The number of methoxy groups -OCH3 is 1. The zero-order valence-corrected chi connectivity index (χ0v) is 12.7. The van der Waals surface area contributed by atoms with Crippen molar-refractivity contribution in [2.45, 2.75) is 38.5 Å². The molecule has 2 heteroatoms. The number of aryl methyl sites for hydroxylation is 2. The first kappa shape index (κ1) is 14.0. The fourth-order valence-corrected chi connectivity index (χ4v) is 3.42. The summed E-state index contributed by atoms with van der Waals surface area (Å²) in [7, 11) is 1.72. The van der Waals surface area contributed by atoms with Crippen molar-refractivity contribution in [1.29, 1.82) is 0 Å². The molecule has 0 heterocycles. The molecule has 0 saturated heterocycles. The quantitative estimate of drug-likeness (QED) is 0.912. The number of hydrogen-bond donors (Lipinski definition) is 1. The van der Waals surface area contributed by atoms with Crippen LogP contribution in [0, 0.1) is 0 Å². The summed E-state index contributed by atoms with van der Waals surface area (Å²) in [6, 6.07) is 12.3. The lowest BCUT2D eigenvalue weighted by molar-refractivity contribution is 0.413. The summed E-state index contributed by atoms with van der Waals surface area (Å²) >= 11 is 0. The molecule has 0 radical (unpaired) electrons. The smallest absolute Gasteiger partial charge is 0.119 e. The van der Waals surface area contributed by atoms with Crippen LogP contribution in [0.4, 0.5) is 0 Å². The molecule has 0 aliphatic heterocycles. The Morgan fingerprint density at radius 1 is 1.14 bits per heavy atom. The number of aromatic hydroxyl groups is 1. The Balaban J connectivity index is 1.90. The average Bonchev–Trinajstić information content (AvgIpc) is 2.53. The zero-order chi connectivity index (χ0) is 14.8. The molecule has 21 heavy (non-hydrogen) atoms. The molecule has 2 nitrogen and oxygen atoms in total. The summed E-state index contributed by atoms with van der Waals surface area (Å²) in [5, 5.41) is 9.60. The van der Waals surface area contributed by atoms with Crippen LogP contribution in [-0.2, 0) is 19.3 Å². The predicted molar refractivity (Wildman–Crippen MR) is 85.2 cm³/mol. The van der Waals surface area contributed by atoms with Gasteiger partial charge in [0.2, 0.25) is 0 Å². The van der Waals surface area contributed by atoms with E-state index in [2.05, 4.69) is 31.2 Å². The van der Waals surface area contributed by atoms with Crippen LogP contribution in [0.1, 0.15) is 41.5 Å². The van der Waals surface area contributed by atoms with Gasteiger partial charge in [-0.2, -0.15) is 0 Å². The van der Waals surface area contributed by atoms with Gasteiger partial charge in [0.1, 0.15) is 11.5 Å². The van der Waals surface area contributed by atoms with Crippen molar-refractivity contribution in [2.75, 3.05) is 7.11 Å². The SMILES string of the molecule is CCc1cc(OC)ccc1C1CCc2cc(O)ccc2C1. The molecule has 0 fully saturated rings. The summed E-state index contributed by atoms with van der Waals surface area (Å²) in [6.45, 7) is 2.20. The molecule has 3 rings (SSSR count). The molecule has 0 aromatic heterocycles. The lowest BCUT2D eigenvalue weighted by Crippen LogP contribution is -2.14. The molecule has 1 atom stereocenters. The highest BCUT2D eigenvalue weighted by molar-refractivity contribution is 5.42. The molecule has 2 aromatic rings. The van der Waals surface area contributed by atoms with Crippen molar-refractivity contribution in [1.82, 2.24) is 0 Å². The first-order valence-corrected chi connectivity index (χ1v) is 7.68. The Morgan fingerprint density at radius 2 is 2.00 bits per heavy atom. The van der Waals surface area contributed by atoms with E-state index in [0.717, 1.165) is 31.4 Å². The summed E-state index contributed by atoms with van der Waals surface area (Å²) in [6.07, 6.45) is 4.29. The van der Waals surface area contributed by atoms with Gasteiger partial charge in [-0.15, -0.1) is 0 Å². The number of fused-ring (bicyclic) bond motifs is 1. The van der Waals surface area contributed by atoms with Gasteiger partial charge in [-0.3, -0.25) is 0 Å². The molecule has 1 aliphatic carbocycles. The van der Waals surface area contributed by atoms with Crippen molar-refractivity contribution in [3.63, 3.8) is 0 Å². The number of rotatable bonds is 3. The van der Waals surface area contributed by atoms with Gasteiger partial charge < -0.3 is 9.84 Å². The van der Waals surface area contributed by atoms with E-state index in [1.165, 1.54) is 22.3 Å². The normalized spacial score (nSPS) is 17.3. The largest absolute Gasteiger partial charge is 0.508 e. The first-order chi connectivity index (χ1) is 10.2. The van der Waals surface area contributed by atoms with Gasteiger partial charge in [0.05, 0.1) is 7.11 Å². The minimum atomic E-state index is 0.380. The second-order valence-electron chi connectivity index (χ2n) is 5.81. The lowest BCUT2D eigenvalue weighted by atomic mass is 9.78. The van der Waals surface area contributed by atoms with Gasteiger partial charge in [-0.25, -0.2) is 0 Å². The second kappa shape index (κ2) is 5.80. The molecule has 0 spiro atoms. The molecule has 1 unspecified atom stereocenters. The van der Waals surface area contributed by atoms with E-state index in [1.807, 2.05) is 6.07 Å². The highest BCUT2D eigenvalue weighted by atomic mass is 16.5. The van der Waals surface area contributed by atoms with Crippen LogP contribution in [-0.4, -0.2) is 12.2 Å². The Kier molecular flexibility index (Phi) is 3.87. The maximum Gasteiger partial charge on any atom is 0.119 e. The summed E-state index contributed by atoms with van der Waals surface area (Å²) in [4.78, 5) is 0. The monoisotopic (exact) mass is 282 g/mol. The van der Waals surface area contributed by atoms with Gasteiger partial charge in [0, 0.05) is 0 Å². The fourth-order valence-electron chi connectivity index (χ4n) is 3.42. The van der Waals surface area contributed by atoms with Crippen molar-refractivity contribution in [2.24, 2.45) is 0 Å².